The van der Waals surface area contributed by atoms with Crippen LogP contribution in [-0.2, 0) is 6.61 Å². The summed E-state index contributed by atoms with van der Waals surface area (Å²) >= 11 is 0. The van der Waals surface area contributed by atoms with E-state index in [0.717, 1.165) is 16.9 Å². The van der Waals surface area contributed by atoms with Gasteiger partial charge in [-0.25, -0.2) is 0 Å². The molecule has 0 aliphatic carbocycles. The quantitative estimate of drug-likeness (QED) is 0.910. The minimum atomic E-state index is -0.501. The van der Waals surface area contributed by atoms with Crippen molar-refractivity contribution in [2.75, 3.05) is 0 Å². The molecular formula is C16H15NO2. The van der Waals surface area contributed by atoms with Crippen LogP contribution in [0.5, 0.6) is 5.75 Å². The van der Waals surface area contributed by atoms with Crippen molar-refractivity contribution in [3.63, 3.8) is 0 Å². The van der Waals surface area contributed by atoms with Crippen molar-refractivity contribution < 1.29 is 9.84 Å². The van der Waals surface area contributed by atoms with Crippen molar-refractivity contribution in [3.05, 3.63) is 65.2 Å². The summed E-state index contributed by atoms with van der Waals surface area (Å²) in [6.45, 7) is 2.16. The number of hydrogen-bond acceptors (Lipinski definition) is 3. The largest absolute Gasteiger partial charge is 0.489 e. The summed E-state index contributed by atoms with van der Waals surface area (Å²) in [6.07, 6.45) is -0.501. The van der Waals surface area contributed by atoms with Gasteiger partial charge in [-0.05, 0) is 42.3 Å². The Hall–Kier alpha value is -2.31. The van der Waals surface area contributed by atoms with Gasteiger partial charge in [0.1, 0.15) is 12.4 Å². The Kier molecular flexibility index (Phi) is 4.17. The van der Waals surface area contributed by atoms with Crippen LogP contribution < -0.4 is 4.74 Å². The highest BCUT2D eigenvalue weighted by atomic mass is 16.5. The molecule has 19 heavy (non-hydrogen) atoms. The second-order valence-electron chi connectivity index (χ2n) is 4.35. The lowest BCUT2D eigenvalue weighted by molar-refractivity contribution is 0.198. The number of aliphatic hydroxyl groups excluding tert-OH is 1. The van der Waals surface area contributed by atoms with E-state index in [0.29, 0.717) is 12.2 Å². The first-order valence-electron chi connectivity index (χ1n) is 6.09. The number of nitriles is 1. The Bertz CT molecular complexity index is 582. The van der Waals surface area contributed by atoms with Gasteiger partial charge in [0.05, 0.1) is 17.7 Å². The smallest absolute Gasteiger partial charge is 0.120 e. The van der Waals surface area contributed by atoms with Crippen LogP contribution in [0.4, 0.5) is 0 Å². The molecule has 0 heterocycles. The Labute approximate surface area is 112 Å². The minimum absolute atomic E-state index is 0.439. The van der Waals surface area contributed by atoms with Gasteiger partial charge in [-0.2, -0.15) is 5.26 Å². The molecule has 2 rings (SSSR count). The molecule has 0 radical (unpaired) electrons. The molecular weight excluding hydrogens is 238 g/mol. The van der Waals surface area contributed by atoms with Crippen LogP contribution >= 0.6 is 0 Å². The molecule has 0 saturated heterocycles. The number of benzene rings is 2. The Balaban J connectivity index is 2.02. The van der Waals surface area contributed by atoms with Crippen LogP contribution in [0.2, 0.25) is 0 Å². The summed E-state index contributed by atoms with van der Waals surface area (Å²) in [5, 5.41) is 18.2. The molecule has 0 bridgehead atoms. The highest BCUT2D eigenvalue weighted by molar-refractivity contribution is 5.32. The van der Waals surface area contributed by atoms with Crippen molar-refractivity contribution >= 4 is 0 Å². The van der Waals surface area contributed by atoms with Crippen LogP contribution in [-0.4, -0.2) is 5.11 Å². The molecule has 0 amide bonds. The van der Waals surface area contributed by atoms with E-state index < -0.39 is 6.10 Å². The van der Waals surface area contributed by atoms with Gasteiger partial charge in [0.25, 0.3) is 0 Å². The van der Waals surface area contributed by atoms with Crippen molar-refractivity contribution in [2.45, 2.75) is 19.6 Å². The lowest BCUT2D eigenvalue weighted by atomic mass is 10.1. The summed E-state index contributed by atoms with van der Waals surface area (Å²) in [5.41, 5.74) is 2.47. The molecule has 3 nitrogen and oxygen atoms in total. The number of aliphatic hydroxyl groups is 1. The monoisotopic (exact) mass is 253 g/mol. The second-order valence-corrected chi connectivity index (χ2v) is 4.35. The molecule has 96 valence electrons. The minimum Gasteiger partial charge on any atom is -0.489 e. The van der Waals surface area contributed by atoms with E-state index in [4.69, 9.17) is 10.00 Å². The fourth-order valence-electron chi connectivity index (χ4n) is 1.71. The third kappa shape index (κ3) is 3.57. The first-order valence-corrected chi connectivity index (χ1v) is 6.09. The Morgan fingerprint density at radius 3 is 2.58 bits per heavy atom. The third-order valence-electron chi connectivity index (χ3n) is 2.83. The summed E-state index contributed by atoms with van der Waals surface area (Å²) < 4.78 is 5.66. The highest BCUT2D eigenvalue weighted by Gasteiger charge is 2.02. The van der Waals surface area contributed by atoms with Crippen LogP contribution in [0.1, 0.15) is 29.7 Å². The van der Waals surface area contributed by atoms with Gasteiger partial charge in [-0.1, -0.05) is 24.3 Å². The van der Waals surface area contributed by atoms with E-state index in [-0.39, 0.29) is 0 Å². The average molecular weight is 253 g/mol. The maximum absolute atomic E-state index is 9.50. The van der Waals surface area contributed by atoms with E-state index in [1.807, 2.05) is 36.4 Å². The zero-order chi connectivity index (χ0) is 13.7. The topological polar surface area (TPSA) is 53.2 Å². The molecule has 0 spiro atoms. The standard InChI is InChI=1S/C16H15NO2/c1-12(18)15-3-2-4-16(9-15)19-11-14-7-5-13(10-17)6-8-14/h2-9,12,18H,11H2,1H3/t12-/m0/s1. The van der Waals surface area contributed by atoms with Crippen molar-refractivity contribution in [2.24, 2.45) is 0 Å². The number of nitrogens with zero attached hydrogens (tertiary/aromatic N) is 1. The maximum atomic E-state index is 9.50. The molecule has 0 aliphatic heterocycles. The summed E-state index contributed by atoms with van der Waals surface area (Å²) in [5.74, 6) is 0.725. The summed E-state index contributed by atoms with van der Waals surface area (Å²) in [4.78, 5) is 0. The maximum Gasteiger partial charge on any atom is 0.120 e. The molecule has 1 atom stereocenters. The second kappa shape index (κ2) is 6.03. The van der Waals surface area contributed by atoms with E-state index in [9.17, 15) is 5.11 Å². The molecule has 0 fully saturated rings. The Morgan fingerprint density at radius 1 is 1.21 bits per heavy atom. The molecule has 2 aromatic rings. The molecule has 0 aromatic heterocycles. The predicted octanol–water partition coefficient (Wildman–Crippen LogP) is 3.19. The van der Waals surface area contributed by atoms with Crippen molar-refractivity contribution in [1.82, 2.24) is 0 Å². The zero-order valence-corrected chi connectivity index (χ0v) is 10.7. The first kappa shape index (κ1) is 13.1. The molecule has 0 aliphatic rings. The van der Waals surface area contributed by atoms with Gasteiger partial charge in [0, 0.05) is 0 Å². The molecule has 0 saturated carbocycles. The molecule has 3 heteroatoms. The fraction of sp³-hybridized carbons (Fsp3) is 0.188. The normalized spacial score (nSPS) is 11.6. The third-order valence-corrected chi connectivity index (χ3v) is 2.83. The van der Waals surface area contributed by atoms with E-state index in [1.54, 1.807) is 19.1 Å². The SMILES string of the molecule is C[C@H](O)c1cccc(OCc2ccc(C#N)cc2)c1. The molecule has 0 unspecified atom stereocenters. The van der Waals surface area contributed by atoms with Gasteiger partial charge in [0.15, 0.2) is 0 Å². The number of hydrogen-bond donors (Lipinski definition) is 1. The van der Waals surface area contributed by atoms with Crippen molar-refractivity contribution in [1.29, 1.82) is 5.26 Å². The van der Waals surface area contributed by atoms with Gasteiger partial charge in [-0.15, -0.1) is 0 Å². The predicted molar refractivity (Wildman–Crippen MR) is 72.6 cm³/mol. The van der Waals surface area contributed by atoms with Gasteiger partial charge in [-0.3, -0.25) is 0 Å². The van der Waals surface area contributed by atoms with Gasteiger partial charge in [0.2, 0.25) is 0 Å². The average Bonchev–Trinajstić information content (AvgIpc) is 2.46. The lowest BCUT2D eigenvalue weighted by Gasteiger charge is -2.09. The van der Waals surface area contributed by atoms with Crippen molar-refractivity contribution in [3.8, 4) is 11.8 Å². The van der Waals surface area contributed by atoms with E-state index in [1.165, 1.54) is 0 Å². The lowest BCUT2D eigenvalue weighted by Crippen LogP contribution is -1.97. The zero-order valence-electron chi connectivity index (χ0n) is 10.7. The number of ether oxygens (including phenoxy) is 1. The fourth-order valence-corrected chi connectivity index (χ4v) is 1.71. The van der Waals surface area contributed by atoms with E-state index >= 15 is 0 Å². The Morgan fingerprint density at radius 2 is 1.95 bits per heavy atom. The van der Waals surface area contributed by atoms with Crippen LogP contribution in [0, 0.1) is 11.3 Å². The highest BCUT2D eigenvalue weighted by Crippen LogP contribution is 2.19. The molecule has 2 aromatic carbocycles. The van der Waals surface area contributed by atoms with Crippen LogP contribution in [0.3, 0.4) is 0 Å². The van der Waals surface area contributed by atoms with E-state index in [2.05, 4.69) is 6.07 Å². The molecule has 1 N–H and O–H groups in total. The van der Waals surface area contributed by atoms with Gasteiger partial charge >= 0.3 is 0 Å². The van der Waals surface area contributed by atoms with Crippen LogP contribution in [0.25, 0.3) is 0 Å². The number of rotatable bonds is 4. The van der Waals surface area contributed by atoms with Crippen LogP contribution in [0.15, 0.2) is 48.5 Å². The van der Waals surface area contributed by atoms with Gasteiger partial charge < -0.3 is 9.84 Å². The summed E-state index contributed by atoms with van der Waals surface area (Å²) in [6, 6.07) is 16.8. The summed E-state index contributed by atoms with van der Waals surface area (Å²) in [7, 11) is 0. The first-order chi connectivity index (χ1) is 9.19.